The summed E-state index contributed by atoms with van der Waals surface area (Å²) in [6, 6.07) is -0.223. The van der Waals surface area contributed by atoms with E-state index < -0.39 is 0 Å². The molecule has 0 aliphatic heterocycles. The molecule has 0 atom stereocenters. The van der Waals surface area contributed by atoms with Crippen molar-refractivity contribution in [2.45, 2.75) is 13.8 Å². The highest BCUT2D eigenvalue weighted by molar-refractivity contribution is 6.31. The summed E-state index contributed by atoms with van der Waals surface area (Å²) in [4.78, 5) is 7.29. The van der Waals surface area contributed by atoms with Crippen LogP contribution in [-0.4, -0.2) is 15.1 Å². The summed E-state index contributed by atoms with van der Waals surface area (Å²) < 4.78 is 0. The lowest BCUT2D eigenvalue weighted by Gasteiger charge is -1.99. The van der Waals surface area contributed by atoms with Gasteiger partial charge in [-0.05, 0) is 13.8 Å². The summed E-state index contributed by atoms with van der Waals surface area (Å²) in [6.07, 6.45) is 0. The lowest BCUT2D eigenvalue weighted by atomic mass is 10.3. The van der Waals surface area contributed by atoms with Gasteiger partial charge in [-0.1, -0.05) is 11.6 Å². The standard InChI is InChI=1S/C6H7ClN2O.ClH/c1-3-5(7)4(2)9-6(10)8-3;/h1-2H3,(H,8,9,10);1H. The molecule has 3 nitrogen and oxygen atoms in total. The Morgan fingerprint density at radius 2 is 1.55 bits per heavy atom. The second-order valence-corrected chi connectivity index (χ2v) is 2.39. The minimum Gasteiger partial charge on any atom is -0.479 e. The van der Waals surface area contributed by atoms with Gasteiger partial charge in [0.05, 0.1) is 16.4 Å². The van der Waals surface area contributed by atoms with E-state index in [1.807, 2.05) is 0 Å². The minimum absolute atomic E-state index is 0. The van der Waals surface area contributed by atoms with Crippen LogP contribution in [0.2, 0.25) is 5.02 Å². The third-order valence-electron chi connectivity index (χ3n) is 1.17. The van der Waals surface area contributed by atoms with Gasteiger partial charge in [0.2, 0.25) is 0 Å². The van der Waals surface area contributed by atoms with Crippen molar-refractivity contribution < 1.29 is 5.11 Å². The van der Waals surface area contributed by atoms with Crippen molar-refractivity contribution in [2.24, 2.45) is 0 Å². The number of halogens is 2. The van der Waals surface area contributed by atoms with Gasteiger partial charge in [-0.3, -0.25) is 0 Å². The van der Waals surface area contributed by atoms with Crippen molar-refractivity contribution in [3.05, 3.63) is 16.4 Å². The van der Waals surface area contributed by atoms with E-state index in [1.165, 1.54) is 0 Å². The molecule has 1 aromatic rings. The summed E-state index contributed by atoms with van der Waals surface area (Å²) >= 11 is 5.71. The van der Waals surface area contributed by atoms with Crippen LogP contribution in [0.25, 0.3) is 0 Å². The Labute approximate surface area is 75.9 Å². The van der Waals surface area contributed by atoms with Crippen LogP contribution in [0, 0.1) is 13.8 Å². The number of rotatable bonds is 0. The van der Waals surface area contributed by atoms with E-state index in [0.29, 0.717) is 16.4 Å². The highest BCUT2D eigenvalue weighted by Gasteiger charge is 2.03. The van der Waals surface area contributed by atoms with Crippen LogP contribution in [0.4, 0.5) is 0 Å². The third-order valence-corrected chi connectivity index (χ3v) is 1.72. The molecular formula is C6H8Cl2N2O. The number of aromatic nitrogens is 2. The van der Waals surface area contributed by atoms with Gasteiger partial charge in [0, 0.05) is 0 Å². The van der Waals surface area contributed by atoms with Crippen molar-refractivity contribution in [1.82, 2.24) is 9.97 Å². The van der Waals surface area contributed by atoms with Gasteiger partial charge in [-0.15, -0.1) is 12.4 Å². The van der Waals surface area contributed by atoms with Crippen LogP contribution in [0.15, 0.2) is 0 Å². The molecular weight excluding hydrogens is 187 g/mol. The Morgan fingerprint density at radius 3 is 1.91 bits per heavy atom. The van der Waals surface area contributed by atoms with E-state index in [9.17, 15) is 0 Å². The number of aryl methyl sites for hydroxylation is 2. The summed E-state index contributed by atoms with van der Waals surface area (Å²) in [6.45, 7) is 3.44. The van der Waals surface area contributed by atoms with Crippen LogP contribution in [0.5, 0.6) is 6.01 Å². The molecule has 0 unspecified atom stereocenters. The van der Waals surface area contributed by atoms with Crippen LogP contribution in [0.3, 0.4) is 0 Å². The first-order valence-corrected chi connectivity index (χ1v) is 3.18. The average molecular weight is 195 g/mol. The van der Waals surface area contributed by atoms with Gasteiger partial charge in [-0.25, -0.2) is 0 Å². The van der Waals surface area contributed by atoms with E-state index in [4.69, 9.17) is 16.7 Å². The average Bonchev–Trinajstić information content (AvgIpc) is 1.82. The SMILES string of the molecule is Cc1nc(O)nc(C)c1Cl.Cl. The molecule has 0 aromatic carbocycles. The molecule has 0 fully saturated rings. The van der Waals surface area contributed by atoms with Crippen molar-refractivity contribution in [1.29, 1.82) is 0 Å². The largest absolute Gasteiger partial charge is 0.479 e. The quantitative estimate of drug-likeness (QED) is 0.687. The van der Waals surface area contributed by atoms with Crippen LogP contribution >= 0.6 is 24.0 Å². The molecule has 0 radical (unpaired) electrons. The number of nitrogens with zero attached hydrogens (tertiary/aromatic N) is 2. The Bertz CT molecular complexity index is 242. The molecule has 0 aliphatic carbocycles. The molecule has 1 rings (SSSR count). The monoisotopic (exact) mass is 194 g/mol. The van der Waals surface area contributed by atoms with E-state index in [0.717, 1.165) is 0 Å². The zero-order valence-electron chi connectivity index (χ0n) is 6.13. The van der Waals surface area contributed by atoms with Gasteiger partial charge < -0.3 is 5.11 Å². The molecule has 1 aromatic heterocycles. The molecule has 0 bridgehead atoms. The second-order valence-electron chi connectivity index (χ2n) is 2.01. The predicted molar refractivity (Wildman–Crippen MR) is 45.4 cm³/mol. The smallest absolute Gasteiger partial charge is 0.314 e. The number of aromatic hydroxyl groups is 1. The maximum absolute atomic E-state index is 8.84. The number of hydrogen-bond acceptors (Lipinski definition) is 3. The maximum Gasteiger partial charge on any atom is 0.314 e. The topological polar surface area (TPSA) is 46.0 Å². The van der Waals surface area contributed by atoms with Crippen molar-refractivity contribution in [3.63, 3.8) is 0 Å². The van der Waals surface area contributed by atoms with Gasteiger partial charge in [-0.2, -0.15) is 9.97 Å². The summed E-state index contributed by atoms with van der Waals surface area (Å²) in [5.74, 6) is 0. The molecule has 62 valence electrons. The van der Waals surface area contributed by atoms with Crippen molar-refractivity contribution in [2.75, 3.05) is 0 Å². The van der Waals surface area contributed by atoms with Crippen LogP contribution in [0.1, 0.15) is 11.4 Å². The highest BCUT2D eigenvalue weighted by atomic mass is 35.5. The lowest BCUT2D eigenvalue weighted by molar-refractivity contribution is 0.427. The molecule has 0 aliphatic rings. The second kappa shape index (κ2) is 3.74. The Morgan fingerprint density at radius 1 is 1.18 bits per heavy atom. The molecule has 0 spiro atoms. The first-order valence-electron chi connectivity index (χ1n) is 2.81. The van der Waals surface area contributed by atoms with Crippen LogP contribution in [-0.2, 0) is 0 Å². The normalized spacial score (nSPS) is 9.00. The summed E-state index contributed by atoms with van der Waals surface area (Å²) in [5, 5.41) is 9.35. The highest BCUT2D eigenvalue weighted by Crippen LogP contribution is 2.17. The first-order chi connectivity index (χ1) is 4.61. The Kier molecular flexibility index (Phi) is 3.55. The van der Waals surface area contributed by atoms with Crippen molar-refractivity contribution in [3.8, 4) is 6.01 Å². The fraction of sp³-hybridized carbons (Fsp3) is 0.333. The van der Waals surface area contributed by atoms with Gasteiger partial charge in [0.1, 0.15) is 0 Å². The molecule has 5 heteroatoms. The van der Waals surface area contributed by atoms with E-state index in [1.54, 1.807) is 13.8 Å². The van der Waals surface area contributed by atoms with Gasteiger partial charge >= 0.3 is 6.01 Å². The molecule has 11 heavy (non-hydrogen) atoms. The number of hydrogen-bond donors (Lipinski definition) is 1. The van der Waals surface area contributed by atoms with Gasteiger partial charge in [0.15, 0.2) is 0 Å². The van der Waals surface area contributed by atoms with Crippen LogP contribution < -0.4 is 0 Å². The van der Waals surface area contributed by atoms with Gasteiger partial charge in [0.25, 0.3) is 0 Å². The zero-order chi connectivity index (χ0) is 7.72. The predicted octanol–water partition coefficient (Wildman–Crippen LogP) is 1.87. The summed E-state index contributed by atoms with van der Waals surface area (Å²) in [7, 11) is 0. The molecule has 1 N–H and O–H groups in total. The Hall–Kier alpha value is -0.540. The fourth-order valence-corrected chi connectivity index (χ4v) is 0.769. The molecule has 0 amide bonds. The Balaban J connectivity index is 0.000001000. The molecule has 0 saturated carbocycles. The van der Waals surface area contributed by atoms with E-state index in [2.05, 4.69) is 9.97 Å². The fourth-order valence-electron chi connectivity index (χ4n) is 0.685. The van der Waals surface area contributed by atoms with E-state index in [-0.39, 0.29) is 18.4 Å². The maximum atomic E-state index is 8.84. The van der Waals surface area contributed by atoms with E-state index >= 15 is 0 Å². The molecule has 1 heterocycles. The molecule has 0 saturated heterocycles. The third kappa shape index (κ3) is 2.20. The first kappa shape index (κ1) is 10.5. The van der Waals surface area contributed by atoms with Crippen molar-refractivity contribution >= 4 is 24.0 Å². The zero-order valence-corrected chi connectivity index (χ0v) is 7.70. The minimum atomic E-state index is -0.223. The lowest BCUT2D eigenvalue weighted by Crippen LogP contribution is -1.90. The summed E-state index contributed by atoms with van der Waals surface area (Å²) in [5.41, 5.74) is 1.21.